The van der Waals surface area contributed by atoms with Crippen LogP contribution in [-0.2, 0) is 4.74 Å². The second-order valence-electron chi connectivity index (χ2n) is 4.98. The second-order valence-corrected chi connectivity index (χ2v) is 4.98. The molecule has 17 heavy (non-hydrogen) atoms. The maximum atomic E-state index is 12.5. The highest BCUT2D eigenvalue weighted by Crippen LogP contribution is 2.34. The third-order valence-corrected chi connectivity index (χ3v) is 3.80. The van der Waals surface area contributed by atoms with Crippen molar-refractivity contribution in [3.05, 3.63) is 0 Å². The molecule has 2 rings (SSSR count). The van der Waals surface area contributed by atoms with Crippen molar-refractivity contribution in [2.45, 2.75) is 18.6 Å². The maximum Gasteiger partial charge on any atom is 0.393 e. The summed E-state index contributed by atoms with van der Waals surface area (Å²) < 4.78 is 42.9. The second kappa shape index (κ2) is 5.12. The minimum Gasteiger partial charge on any atom is -0.379 e. The van der Waals surface area contributed by atoms with Crippen LogP contribution in [0.15, 0.2) is 0 Å². The van der Waals surface area contributed by atoms with Crippen LogP contribution in [0.5, 0.6) is 0 Å². The Morgan fingerprint density at radius 1 is 1.35 bits per heavy atom. The van der Waals surface area contributed by atoms with Gasteiger partial charge in [0.05, 0.1) is 19.1 Å². The maximum absolute atomic E-state index is 12.5. The highest BCUT2D eigenvalue weighted by molar-refractivity contribution is 4.87. The number of nitrogens with one attached hydrogen (secondary N) is 1. The van der Waals surface area contributed by atoms with Gasteiger partial charge in [0.1, 0.15) is 0 Å². The van der Waals surface area contributed by atoms with Gasteiger partial charge in [0.2, 0.25) is 0 Å². The summed E-state index contributed by atoms with van der Waals surface area (Å²) in [4.78, 5) is 1.92. The quantitative estimate of drug-likeness (QED) is 0.814. The molecule has 3 atom stereocenters. The number of nitrogens with zero attached hydrogens (tertiary/aromatic N) is 1. The number of alkyl halides is 3. The zero-order chi connectivity index (χ0) is 12.5. The molecule has 2 heterocycles. The number of likely N-dealkylation sites (N-methyl/N-ethyl adjacent to an activating group) is 1. The van der Waals surface area contributed by atoms with E-state index in [0.29, 0.717) is 32.2 Å². The number of likely N-dealkylation sites (tertiary alicyclic amines) is 1. The number of rotatable bonds is 3. The molecule has 100 valence electrons. The number of hydrogen-bond acceptors (Lipinski definition) is 3. The Morgan fingerprint density at radius 3 is 2.71 bits per heavy atom. The summed E-state index contributed by atoms with van der Waals surface area (Å²) in [6, 6.07) is 0.278. The lowest BCUT2D eigenvalue weighted by atomic mass is 10.0. The minimum atomic E-state index is -4.04. The average molecular weight is 252 g/mol. The normalized spacial score (nSPS) is 35.6. The first-order valence-corrected chi connectivity index (χ1v) is 6.04. The van der Waals surface area contributed by atoms with Gasteiger partial charge in [-0.3, -0.25) is 0 Å². The summed E-state index contributed by atoms with van der Waals surface area (Å²) in [7, 11) is 1.87. The number of ether oxygens (including phenoxy) is 1. The average Bonchev–Trinajstić information content (AvgIpc) is 2.86. The topological polar surface area (TPSA) is 24.5 Å². The molecule has 0 amide bonds. The number of halogens is 3. The molecule has 0 bridgehead atoms. The van der Waals surface area contributed by atoms with Gasteiger partial charge in [-0.25, -0.2) is 0 Å². The van der Waals surface area contributed by atoms with Gasteiger partial charge in [-0.1, -0.05) is 0 Å². The highest BCUT2D eigenvalue weighted by Gasteiger charge is 2.44. The highest BCUT2D eigenvalue weighted by atomic mass is 19.4. The fraction of sp³-hybridized carbons (Fsp3) is 1.00. The molecule has 2 aliphatic heterocycles. The Labute approximate surface area is 99.3 Å². The molecule has 1 N–H and O–H groups in total. The van der Waals surface area contributed by atoms with Gasteiger partial charge in [-0.15, -0.1) is 0 Å². The Kier molecular flexibility index (Phi) is 3.95. The molecule has 2 saturated heterocycles. The summed E-state index contributed by atoms with van der Waals surface area (Å²) in [5.41, 5.74) is 0. The van der Waals surface area contributed by atoms with Crippen molar-refractivity contribution in [3.63, 3.8) is 0 Å². The van der Waals surface area contributed by atoms with Crippen molar-refractivity contribution in [2.75, 3.05) is 39.9 Å². The van der Waals surface area contributed by atoms with Gasteiger partial charge in [0, 0.05) is 25.0 Å². The molecule has 0 radical (unpaired) electrons. The van der Waals surface area contributed by atoms with E-state index in [1.54, 1.807) is 0 Å². The van der Waals surface area contributed by atoms with Crippen molar-refractivity contribution >= 4 is 0 Å². The molecule has 0 aromatic rings. The molecule has 6 heteroatoms. The fourth-order valence-corrected chi connectivity index (χ4v) is 2.69. The smallest absolute Gasteiger partial charge is 0.379 e. The lowest BCUT2D eigenvalue weighted by Crippen LogP contribution is -2.40. The molecule has 0 saturated carbocycles. The SMILES string of the molecule is CNC1COCC1CN1CCC(C(F)(F)F)C1. The number of hydrogen-bond donors (Lipinski definition) is 1. The standard InChI is InChI=1S/C11H19F3N2O/c1-15-10-7-17-6-8(10)4-16-3-2-9(5-16)11(12,13)14/h8-10,15H,2-7H2,1H3. The van der Waals surface area contributed by atoms with Gasteiger partial charge in [0.15, 0.2) is 0 Å². The summed E-state index contributed by atoms with van der Waals surface area (Å²) in [5.74, 6) is -0.829. The Bertz CT molecular complexity index is 260. The van der Waals surface area contributed by atoms with Crippen LogP contribution in [0, 0.1) is 11.8 Å². The van der Waals surface area contributed by atoms with Crippen LogP contribution in [0.25, 0.3) is 0 Å². The zero-order valence-corrected chi connectivity index (χ0v) is 9.96. The van der Waals surface area contributed by atoms with Gasteiger partial charge < -0.3 is 15.0 Å². The van der Waals surface area contributed by atoms with Crippen LogP contribution in [0.1, 0.15) is 6.42 Å². The Morgan fingerprint density at radius 2 is 2.12 bits per heavy atom. The molecular weight excluding hydrogens is 233 g/mol. The van der Waals surface area contributed by atoms with E-state index in [9.17, 15) is 13.2 Å². The van der Waals surface area contributed by atoms with E-state index in [1.807, 2.05) is 11.9 Å². The van der Waals surface area contributed by atoms with Gasteiger partial charge in [-0.05, 0) is 20.0 Å². The zero-order valence-electron chi connectivity index (χ0n) is 9.96. The molecule has 0 aliphatic carbocycles. The van der Waals surface area contributed by atoms with E-state index in [-0.39, 0.29) is 19.0 Å². The predicted octanol–water partition coefficient (Wildman–Crippen LogP) is 1.10. The van der Waals surface area contributed by atoms with Crippen molar-refractivity contribution < 1.29 is 17.9 Å². The third-order valence-electron chi connectivity index (χ3n) is 3.80. The first-order valence-electron chi connectivity index (χ1n) is 6.04. The Hall–Kier alpha value is -0.330. The van der Waals surface area contributed by atoms with Crippen molar-refractivity contribution in [1.29, 1.82) is 0 Å². The van der Waals surface area contributed by atoms with Crippen LogP contribution < -0.4 is 5.32 Å². The van der Waals surface area contributed by atoms with E-state index < -0.39 is 12.1 Å². The monoisotopic (exact) mass is 252 g/mol. The van der Waals surface area contributed by atoms with Crippen LogP contribution in [0.3, 0.4) is 0 Å². The van der Waals surface area contributed by atoms with Crippen LogP contribution in [-0.4, -0.2) is 57.0 Å². The molecule has 0 spiro atoms. The van der Waals surface area contributed by atoms with E-state index in [4.69, 9.17) is 4.74 Å². The summed E-state index contributed by atoms with van der Waals surface area (Å²) in [6.07, 6.45) is -3.80. The molecular formula is C11H19F3N2O. The van der Waals surface area contributed by atoms with Crippen LogP contribution in [0.2, 0.25) is 0 Å². The van der Waals surface area contributed by atoms with Crippen molar-refractivity contribution in [2.24, 2.45) is 11.8 Å². The lowest BCUT2D eigenvalue weighted by molar-refractivity contribution is -0.170. The van der Waals surface area contributed by atoms with Crippen LogP contribution >= 0.6 is 0 Å². The molecule has 3 unspecified atom stereocenters. The summed E-state index contributed by atoms with van der Waals surface area (Å²) >= 11 is 0. The summed E-state index contributed by atoms with van der Waals surface area (Å²) in [6.45, 7) is 2.72. The van der Waals surface area contributed by atoms with Gasteiger partial charge in [-0.2, -0.15) is 13.2 Å². The van der Waals surface area contributed by atoms with Gasteiger partial charge >= 0.3 is 6.18 Å². The van der Waals surface area contributed by atoms with E-state index >= 15 is 0 Å². The molecule has 0 aromatic carbocycles. The fourth-order valence-electron chi connectivity index (χ4n) is 2.69. The van der Waals surface area contributed by atoms with Crippen LogP contribution in [0.4, 0.5) is 13.2 Å². The molecule has 0 aromatic heterocycles. The van der Waals surface area contributed by atoms with Crippen molar-refractivity contribution in [3.8, 4) is 0 Å². The van der Waals surface area contributed by atoms with E-state index in [0.717, 1.165) is 0 Å². The molecule has 2 fully saturated rings. The molecule has 3 nitrogen and oxygen atoms in total. The van der Waals surface area contributed by atoms with Gasteiger partial charge in [0.25, 0.3) is 0 Å². The van der Waals surface area contributed by atoms with Crippen molar-refractivity contribution in [1.82, 2.24) is 10.2 Å². The lowest BCUT2D eigenvalue weighted by Gasteiger charge is -2.24. The van der Waals surface area contributed by atoms with E-state index in [1.165, 1.54) is 0 Å². The Balaban J connectivity index is 1.81. The van der Waals surface area contributed by atoms with E-state index in [2.05, 4.69) is 5.32 Å². The minimum absolute atomic E-state index is 0.149. The predicted molar refractivity (Wildman–Crippen MR) is 57.8 cm³/mol. The third kappa shape index (κ3) is 3.11. The first kappa shape index (κ1) is 13.1. The summed E-state index contributed by atoms with van der Waals surface area (Å²) in [5, 5.41) is 3.16. The largest absolute Gasteiger partial charge is 0.393 e. The first-order chi connectivity index (χ1) is 8.00. The molecule has 2 aliphatic rings.